The third-order valence-electron chi connectivity index (χ3n) is 7.15. The van der Waals surface area contributed by atoms with Crippen LogP contribution in [0.3, 0.4) is 0 Å². The lowest BCUT2D eigenvalue weighted by atomic mass is 9.87. The van der Waals surface area contributed by atoms with Crippen LogP contribution in [-0.4, -0.2) is 43.9 Å². The monoisotopic (exact) mass is 582 g/mol. The van der Waals surface area contributed by atoms with Crippen molar-refractivity contribution in [3.05, 3.63) is 59.4 Å². The molecule has 0 aromatic heterocycles. The van der Waals surface area contributed by atoms with Crippen LogP contribution < -0.4 is 9.62 Å². The van der Waals surface area contributed by atoms with Crippen LogP contribution >= 0.6 is 0 Å². The number of aryl methyl sites for hydroxylation is 1. The van der Waals surface area contributed by atoms with Gasteiger partial charge in [-0.15, -0.1) is 0 Å². The van der Waals surface area contributed by atoms with Gasteiger partial charge in [0.15, 0.2) is 0 Å². The summed E-state index contributed by atoms with van der Waals surface area (Å²) in [6.07, 6.45) is -9.43. The highest BCUT2D eigenvalue weighted by molar-refractivity contribution is 7.92. The van der Waals surface area contributed by atoms with Crippen molar-refractivity contribution in [2.24, 2.45) is 0 Å². The van der Waals surface area contributed by atoms with Gasteiger partial charge in [-0.1, -0.05) is 25.0 Å². The first-order chi connectivity index (χ1) is 18.1. The molecule has 1 atom stereocenters. The Morgan fingerprint density at radius 2 is 1.54 bits per heavy atom. The molecule has 1 fully saturated rings. The molecule has 214 valence electrons. The Balaban J connectivity index is 1.78. The zero-order valence-electron chi connectivity index (χ0n) is 20.3. The summed E-state index contributed by atoms with van der Waals surface area (Å²) >= 11 is 0. The van der Waals surface area contributed by atoms with Crippen molar-refractivity contribution >= 4 is 21.6 Å². The van der Waals surface area contributed by atoms with Crippen molar-refractivity contribution in [3.8, 4) is 0 Å². The number of aliphatic hydroxyl groups is 1. The molecule has 0 bridgehead atoms. The summed E-state index contributed by atoms with van der Waals surface area (Å²) in [4.78, 5) is 12.4. The van der Waals surface area contributed by atoms with Gasteiger partial charge in [0.25, 0.3) is 15.6 Å². The number of nitrogens with one attached hydrogen (secondary N) is 1. The molecule has 4 rings (SSSR count). The largest absolute Gasteiger partial charge is 0.430 e. The van der Waals surface area contributed by atoms with Crippen molar-refractivity contribution in [1.29, 1.82) is 0 Å². The van der Waals surface area contributed by atoms with Crippen molar-refractivity contribution in [1.82, 2.24) is 5.32 Å². The third kappa shape index (κ3) is 5.45. The van der Waals surface area contributed by atoms with Crippen LogP contribution in [-0.2, 0) is 26.8 Å². The van der Waals surface area contributed by atoms with E-state index < -0.39 is 51.3 Å². The molecular weight excluding hydrogens is 557 g/mol. The van der Waals surface area contributed by atoms with Crippen molar-refractivity contribution in [2.75, 3.05) is 4.31 Å². The Bertz CT molecular complexity index is 1310. The van der Waals surface area contributed by atoms with E-state index in [1.165, 1.54) is 0 Å². The first-order valence-corrected chi connectivity index (χ1v) is 13.6. The van der Waals surface area contributed by atoms with Crippen LogP contribution in [0.5, 0.6) is 0 Å². The number of benzene rings is 2. The molecule has 2 aromatic carbocycles. The van der Waals surface area contributed by atoms with Gasteiger partial charge in [-0.2, -0.15) is 26.3 Å². The zero-order valence-corrected chi connectivity index (χ0v) is 21.1. The van der Waals surface area contributed by atoms with Gasteiger partial charge in [-0.3, -0.25) is 9.10 Å². The smallest absolute Gasteiger partial charge is 0.369 e. The Morgan fingerprint density at radius 1 is 0.949 bits per heavy atom. The molecular formula is C25H25F7N2O4S. The van der Waals surface area contributed by atoms with Crippen LogP contribution in [0.25, 0.3) is 0 Å². The molecule has 0 saturated heterocycles. The van der Waals surface area contributed by atoms with E-state index >= 15 is 0 Å². The molecule has 0 spiro atoms. The van der Waals surface area contributed by atoms with Crippen LogP contribution in [0.15, 0.2) is 47.4 Å². The molecule has 1 saturated carbocycles. The highest BCUT2D eigenvalue weighted by Crippen LogP contribution is 2.51. The van der Waals surface area contributed by atoms with E-state index in [-0.39, 0.29) is 41.5 Å². The Kier molecular flexibility index (Phi) is 7.67. The molecule has 14 heteroatoms. The fourth-order valence-electron chi connectivity index (χ4n) is 5.15. The maximum Gasteiger partial charge on any atom is 0.430 e. The van der Waals surface area contributed by atoms with Gasteiger partial charge >= 0.3 is 12.4 Å². The van der Waals surface area contributed by atoms with Gasteiger partial charge in [-0.05, 0) is 61.6 Å². The van der Waals surface area contributed by atoms with Gasteiger partial charge in [0.1, 0.15) is 5.82 Å². The van der Waals surface area contributed by atoms with Crippen LogP contribution in [0.2, 0.25) is 0 Å². The first-order valence-electron chi connectivity index (χ1n) is 12.1. The molecule has 39 heavy (non-hydrogen) atoms. The Morgan fingerprint density at radius 3 is 2.10 bits per heavy atom. The topological polar surface area (TPSA) is 86.7 Å². The van der Waals surface area contributed by atoms with Gasteiger partial charge in [-0.25, -0.2) is 12.8 Å². The number of anilines is 1. The molecule has 1 heterocycles. The third-order valence-corrected chi connectivity index (χ3v) is 9.03. The summed E-state index contributed by atoms with van der Waals surface area (Å²) in [5.74, 6) is -1.18. The summed E-state index contributed by atoms with van der Waals surface area (Å²) in [6.45, 7) is 0. The Labute approximate surface area is 219 Å². The van der Waals surface area contributed by atoms with Crippen molar-refractivity contribution in [3.63, 3.8) is 0 Å². The molecule has 6 nitrogen and oxygen atoms in total. The minimum Gasteiger partial charge on any atom is -0.369 e. The number of amides is 1. The second-order valence-corrected chi connectivity index (χ2v) is 11.6. The maximum atomic E-state index is 13.7. The standard InChI is InChI=1S/C25H25F7N2O4S/c26-17-7-10-20(11-8-17)39(37,38)34-19(14-22(35)33-18-3-1-2-4-18)9-5-15-13-16(6-12-21(15)34)23(36,24(27,28)29)25(30,31)32/h6-8,10-13,18-19,36H,1-5,9,14H2,(H,33,35)/t19-/m0/s1. The average Bonchev–Trinajstić information content (AvgIpc) is 3.34. The number of nitrogens with zero attached hydrogens (tertiary/aromatic N) is 1. The maximum absolute atomic E-state index is 13.7. The number of halogens is 7. The van der Waals surface area contributed by atoms with E-state index in [0.717, 1.165) is 60.3 Å². The fraction of sp³-hybridized carbons (Fsp3) is 0.480. The molecule has 2 aliphatic rings. The number of hydrogen-bond donors (Lipinski definition) is 2. The lowest BCUT2D eigenvalue weighted by Crippen LogP contribution is -2.54. The predicted octanol–water partition coefficient (Wildman–Crippen LogP) is 5.10. The molecule has 0 unspecified atom stereocenters. The van der Waals surface area contributed by atoms with Crippen LogP contribution in [0.1, 0.15) is 49.7 Å². The molecule has 1 amide bonds. The first kappa shape index (κ1) is 29.1. The summed E-state index contributed by atoms with van der Waals surface area (Å²) in [5, 5.41) is 12.7. The summed E-state index contributed by atoms with van der Waals surface area (Å²) in [7, 11) is -4.54. The zero-order chi connectivity index (χ0) is 28.8. The molecule has 2 aromatic rings. The van der Waals surface area contributed by atoms with Crippen LogP contribution in [0, 0.1) is 5.82 Å². The Hall–Kier alpha value is -2.87. The summed E-state index contributed by atoms with van der Waals surface area (Å²) < 4.78 is 122. The molecule has 1 aliphatic carbocycles. The normalized spacial score (nSPS) is 19.2. The lowest BCUT2D eigenvalue weighted by Gasteiger charge is -2.39. The minimum absolute atomic E-state index is 0.0690. The van der Waals surface area contributed by atoms with Crippen molar-refractivity contribution in [2.45, 2.75) is 79.9 Å². The second-order valence-electron chi connectivity index (χ2n) is 9.75. The number of sulfonamides is 1. The number of carbonyl (C=O) groups excluding carboxylic acids is 1. The van der Waals surface area contributed by atoms with Gasteiger partial charge in [0, 0.05) is 18.0 Å². The molecule has 0 radical (unpaired) electrons. The highest BCUT2D eigenvalue weighted by atomic mass is 32.2. The fourth-order valence-corrected chi connectivity index (χ4v) is 6.87. The number of rotatable bonds is 6. The predicted molar refractivity (Wildman–Crippen MR) is 126 cm³/mol. The summed E-state index contributed by atoms with van der Waals surface area (Å²) in [6, 6.07) is 4.22. The van der Waals surface area contributed by atoms with Gasteiger partial charge in [0.2, 0.25) is 5.91 Å². The van der Waals surface area contributed by atoms with Crippen LogP contribution in [0.4, 0.5) is 36.4 Å². The second kappa shape index (κ2) is 10.3. The summed E-state index contributed by atoms with van der Waals surface area (Å²) in [5.41, 5.74) is -7.14. The van der Waals surface area contributed by atoms with E-state index in [2.05, 4.69) is 5.32 Å². The highest BCUT2D eigenvalue weighted by Gasteiger charge is 2.71. The number of carbonyl (C=O) groups is 1. The SMILES string of the molecule is O=C(C[C@@H]1CCc2cc(C(O)(C(F)(F)F)C(F)(F)F)ccc2N1S(=O)(=O)c1ccc(F)cc1)NC1CCCC1. The molecule has 2 N–H and O–H groups in total. The van der Waals surface area contributed by atoms with Crippen molar-refractivity contribution < 1.29 is 49.1 Å². The van der Waals surface area contributed by atoms with E-state index in [4.69, 9.17) is 0 Å². The lowest BCUT2D eigenvalue weighted by molar-refractivity contribution is -0.376. The van der Waals surface area contributed by atoms with E-state index in [1.807, 2.05) is 0 Å². The van der Waals surface area contributed by atoms with E-state index in [1.54, 1.807) is 0 Å². The molecule has 1 aliphatic heterocycles. The van der Waals surface area contributed by atoms with Gasteiger partial charge < -0.3 is 10.4 Å². The number of fused-ring (bicyclic) bond motifs is 1. The number of alkyl halides is 6. The van der Waals surface area contributed by atoms with Gasteiger partial charge in [0.05, 0.1) is 16.6 Å². The number of hydrogen-bond acceptors (Lipinski definition) is 4. The van der Waals surface area contributed by atoms with E-state index in [0.29, 0.717) is 12.1 Å². The minimum atomic E-state index is -6.12. The quantitative estimate of drug-likeness (QED) is 0.465. The van der Waals surface area contributed by atoms with E-state index in [9.17, 15) is 49.1 Å². The average molecular weight is 583 g/mol.